The highest BCUT2D eigenvalue weighted by atomic mass is 15.1. The maximum Gasteiger partial charge on any atom is 0.0965 e. The van der Waals surface area contributed by atoms with Gasteiger partial charge in [-0.2, -0.15) is 10.2 Å². The number of nitrogens with zero attached hydrogens (tertiary/aromatic N) is 2. The summed E-state index contributed by atoms with van der Waals surface area (Å²) < 4.78 is 0. The number of benzene rings is 2. The number of azo groups is 1. The first-order valence-electron chi connectivity index (χ1n) is 9.98. The third kappa shape index (κ3) is 3.46. The maximum atomic E-state index is 4.64. The van der Waals surface area contributed by atoms with E-state index in [9.17, 15) is 0 Å². The molecule has 4 rings (SSSR count). The number of fused-ring (bicyclic) bond motifs is 1. The Hall–Kier alpha value is -2.68. The van der Waals surface area contributed by atoms with Crippen LogP contribution in [-0.2, 0) is 12.8 Å². The summed E-state index contributed by atoms with van der Waals surface area (Å²) in [4.78, 5) is 3.25. The summed E-state index contributed by atoms with van der Waals surface area (Å²) in [5.41, 5.74) is 9.32. The quantitative estimate of drug-likeness (QED) is 0.526. The number of aromatic nitrogens is 1. The molecule has 0 amide bonds. The number of rotatable bonds is 4. The van der Waals surface area contributed by atoms with E-state index in [2.05, 4.69) is 72.4 Å². The van der Waals surface area contributed by atoms with Crippen molar-refractivity contribution in [2.45, 2.75) is 52.5 Å². The summed E-state index contributed by atoms with van der Waals surface area (Å²) in [6, 6.07) is 13.5. The van der Waals surface area contributed by atoms with Crippen molar-refractivity contribution in [1.82, 2.24) is 4.98 Å². The van der Waals surface area contributed by atoms with Gasteiger partial charge in [-0.3, -0.25) is 0 Å². The van der Waals surface area contributed by atoms with Gasteiger partial charge in [0, 0.05) is 11.7 Å². The van der Waals surface area contributed by atoms with Gasteiger partial charge in [0.1, 0.15) is 0 Å². The van der Waals surface area contributed by atoms with Crippen LogP contribution in [0.25, 0.3) is 16.5 Å². The van der Waals surface area contributed by atoms with Gasteiger partial charge in [-0.05, 0) is 89.6 Å². The first-order valence-corrected chi connectivity index (χ1v) is 9.98. The molecule has 0 radical (unpaired) electrons. The SMILES string of the molecule is CCc1cc(C2CCC(c3ccc4[nH]ccc4c3)=CN=N2)cc(C)c1CC. The molecule has 138 valence electrons. The topological polar surface area (TPSA) is 40.5 Å². The van der Waals surface area contributed by atoms with Crippen molar-refractivity contribution < 1.29 is 0 Å². The molecule has 0 aliphatic carbocycles. The standard InChI is InChI=1S/C24H27N3/c1-4-17-13-21(12-16(3)22(17)5-2)24-9-7-20(15-26-27-24)18-6-8-23-19(14-18)10-11-25-23/h6,8,10-15,24-25H,4-5,7,9H2,1-3H3. The Bertz CT molecular complexity index is 1020. The van der Waals surface area contributed by atoms with Crippen LogP contribution >= 0.6 is 0 Å². The summed E-state index contributed by atoms with van der Waals surface area (Å²) >= 11 is 0. The van der Waals surface area contributed by atoms with E-state index in [0.29, 0.717) is 0 Å². The zero-order valence-corrected chi connectivity index (χ0v) is 16.4. The van der Waals surface area contributed by atoms with Crippen LogP contribution < -0.4 is 0 Å². The van der Waals surface area contributed by atoms with Gasteiger partial charge in [0.15, 0.2) is 0 Å². The molecule has 0 spiro atoms. The molecular formula is C24H27N3. The lowest BCUT2D eigenvalue weighted by atomic mass is 9.90. The van der Waals surface area contributed by atoms with Crippen LogP contribution in [0.15, 0.2) is 59.0 Å². The number of H-pyrrole nitrogens is 1. The van der Waals surface area contributed by atoms with Crippen molar-refractivity contribution in [2.24, 2.45) is 10.2 Å². The summed E-state index contributed by atoms with van der Waals surface area (Å²) in [6.07, 6.45) is 8.08. The second kappa shape index (κ2) is 7.51. The fraction of sp³-hybridized carbons (Fsp3) is 0.333. The van der Waals surface area contributed by atoms with Gasteiger partial charge in [-0.25, -0.2) is 0 Å². The second-order valence-electron chi connectivity index (χ2n) is 7.40. The molecule has 1 aliphatic heterocycles. The van der Waals surface area contributed by atoms with E-state index < -0.39 is 0 Å². The van der Waals surface area contributed by atoms with Crippen LogP contribution in [0.4, 0.5) is 0 Å². The van der Waals surface area contributed by atoms with Gasteiger partial charge < -0.3 is 4.98 Å². The van der Waals surface area contributed by atoms with Gasteiger partial charge in [0.05, 0.1) is 12.2 Å². The van der Waals surface area contributed by atoms with Crippen LogP contribution in [0.1, 0.15) is 60.5 Å². The van der Waals surface area contributed by atoms with Crippen molar-refractivity contribution in [3.63, 3.8) is 0 Å². The molecule has 1 unspecified atom stereocenters. The minimum atomic E-state index is 0.143. The van der Waals surface area contributed by atoms with E-state index in [-0.39, 0.29) is 6.04 Å². The molecular weight excluding hydrogens is 330 g/mol. The summed E-state index contributed by atoms with van der Waals surface area (Å²) in [7, 11) is 0. The Morgan fingerprint density at radius 2 is 1.96 bits per heavy atom. The first-order chi connectivity index (χ1) is 13.2. The fourth-order valence-electron chi connectivity index (χ4n) is 4.24. The molecule has 1 aromatic heterocycles. The van der Waals surface area contributed by atoms with Gasteiger partial charge in [0.2, 0.25) is 0 Å². The summed E-state index contributed by atoms with van der Waals surface area (Å²) in [5, 5.41) is 10.3. The molecule has 0 bridgehead atoms. The first kappa shape index (κ1) is 17.7. The van der Waals surface area contributed by atoms with E-state index in [1.54, 1.807) is 0 Å². The van der Waals surface area contributed by atoms with Crippen LogP contribution in [-0.4, -0.2) is 4.98 Å². The largest absolute Gasteiger partial charge is 0.361 e. The number of nitrogens with one attached hydrogen (secondary N) is 1. The Morgan fingerprint density at radius 1 is 1.07 bits per heavy atom. The van der Waals surface area contributed by atoms with Gasteiger partial charge in [-0.15, -0.1) is 0 Å². The maximum absolute atomic E-state index is 4.64. The zero-order valence-electron chi connectivity index (χ0n) is 16.4. The van der Waals surface area contributed by atoms with E-state index in [1.807, 2.05) is 12.4 Å². The molecule has 3 nitrogen and oxygen atoms in total. The predicted molar refractivity (Wildman–Crippen MR) is 113 cm³/mol. The molecule has 2 aromatic carbocycles. The minimum Gasteiger partial charge on any atom is -0.361 e. The van der Waals surface area contributed by atoms with E-state index in [1.165, 1.54) is 44.3 Å². The fourth-order valence-corrected chi connectivity index (χ4v) is 4.24. The molecule has 27 heavy (non-hydrogen) atoms. The summed E-state index contributed by atoms with van der Waals surface area (Å²) in [5.74, 6) is 0. The number of aromatic amines is 1. The highest BCUT2D eigenvalue weighted by Gasteiger charge is 2.17. The monoisotopic (exact) mass is 357 g/mol. The molecule has 0 saturated heterocycles. The van der Waals surface area contributed by atoms with Crippen LogP contribution in [0.2, 0.25) is 0 Å². The van der Waals surface area contributed by atoms with Gasteiger partial charge >= 0.3 is 0 Å². The Kier molecular flexibility index (Phi) is 4.93. The molecule has 2 heterocycles. The van der Waals surface area contributed by atoms with Crippen molar-refractivity contribution in [1.29, 1.82) is 0 Å². The van der Waals surface area contributed by atoms with Crippen LogP contribution in [0.5, 0.6) is 0 Å². The Morgan fingerprint density at radius 3 is 2.78 bits per heavy atom. The molecule has 1 aliphatic rings. The van der Waals surface area contributed by atoms with Gasteiger partial charge in [-0.1, -0.05) is 32.0 Å². The van der Waals surface area contributed by atoms with Crippen LogP contribution in [0, 0.1) is 6.92 Å². The zero-order chi connectivity index (χ0) is 18.8. The smallest absolute Gasteiger partial charge is 0.0965 e. The average molecular weight is 358 g/mol. The van der Waals surface area contributed by atoms with Crippen molar-refractivity contribution >= 4 is 16.5 Å². The van der Waals surface area contributed by atoms with E-state index in [0.717, 1.165) is 25.7 Å². The Labute approximate surface area is 161 Å². The molecule has 1 N–H and O–H groups in total. The highest BCUT2D eigenvalue weighted by Crippen LogP contribution is 2.34. The van der Waals surface area contributed by atoms with E-state index >= 15 is 0 Å². The third-order valence-electron chi connectivity index (χ3n) is 5.74. The lowest BCUT2D eigenvalue weighted by molar-refractivity contribution is 0.645. The van der Waals surface area contributed by atoms with E-state index in [4.69, 9.17) is 0 Å². The lowest BCUT2D eigenvalue weighted by Gasteiger charge is -2.17. The average Bonchev–Trinajstić information content (AvgIpc) is 3.02. The molecule has 0 fully saturated rings. The third-order valence-corrected chi connectivity index (χ3v) is 5.74. The molecule has 0 saturated carbocycles. The normalized spacial score (nSPS) is 17.1. The number of aryl methyl sites for hydroxylation is 2. The lowest BCUT2D eigenvalue weighted by Crippen LogP contribution is -2.02. The van der Waals surface area contributed by atoms with Crippen molar-refractivity contribution in [3.05, 3.63) is 76.6 Å². The van der Waals surface area contributed by atoms with Gasteiger partial charge in [0.25, 0.3) is 0 Å². The van der Waals surface area contributed by atoms with Crippen molar-refractivity contribution in [3.8, 4) is 0 Å². The number of hydrogen-bond acceptors (Lipinski definition) is 2. The molecule has 3 aromatic rings. The Balaban J connectivity index is 1.57. The molecule has 1 atom stereocenters. The molecule has 3 heteroatoms. The van der Waals surface area contributed by atoms with Crippen molar-refractivity contribution in [2.75, 3.05) is 0 Å². The second-order valence-corrected chi connectivity index (χ2v) is 7.40. The minimum absolute atomic E-state index is 0.143. The number of allylic oxidation sites excluding steroid dienone is 1. The number of hydrogen-bond donors (Lipinski definition) is 1. The summed E-state index contributed by atoms with van der Waals surface area (Å²) in [6.45, 7) is 6.71. The highest BCUT2D eigenvalue weighted by molar-refractivity contribution is 5.84. The van der Waals surface area contributed by atoms with Crippen LogP contribution in [0.3, 0.4) is 0 Å². The predicted octanol–water partition coefficient (Wildman–Crippen LogP) is 6.93.